The third kappa shape index (κ3) is 3.46. The first-order valence-electron chi connectivity index (χ1n) is 10.0. The lowest BCUT2D eigenvalue weighted by Gasteiger charge is -2.34. The van der Waals surface area contributed by atoms with Crippen LogP contribution in [0.1, 0.15) is 17.2 Å². The van der Waals surface area contributed by atoms with Crippen molar-refractivity contribution in [3.8, 4) is 0 Å². The first-order valence-corrected chi connectivity index (χ1v) is 10.0. The smallest absolute Gasteiger partial charge is 0.251 e. The number of hydrogen-bond acceptors (Lipinski definition) is 6. The second-order valence-electron chi connectivity index (χ2n) is 7.28. The molecule has 8 nitrogen and oxygen atoms in total. The number of carbonyl (C=O) groups is 1. The van der Waals surface area contributed by atoms with E-state index in [-0.39, 0.29) is 18.5 Å². The Kier molecular flexibility index (Phi) is 4.98. The number of hydrogen-bond donors (Lipinski definition) is 0. The second-order valence-corrected chi connectivity index (χ2v) is 7.28. The van der Waals surface area contributed by atoms with Gasteiger partial charge in [-0.25, -0.2) is 0 Å². The predicted octanol–water partition coefficient (Wildman–Crippen LogP) is 1.98. The van der Waals surface area contributed by atoms with Crippen molar-refractivity contribution < 1.29 is 9.53 Å². The number of aromatic nitrogens is 4. The molecule has 0 spiro atoms. The first-order chi connectivity index (χ1) is 14.8. The van der Waals surface area contributed by atoms with E-state index in [0.717, 1.165) is 16.8 Å². The van der Waals surface area contributed by atoms with Crippen molar-refractivity contribution in [1.29, 1.82) is 0 Å². The molecule has 5 rings (SSSR count). The summed E-state index contributed by atoms with van der Waals surface area (Å²) >= 11 is 0. The first kappa shape index (κ1) is 18.5. The number of tetrazole rings is 1. The molecule has 3 aromatic rings. The molecular formula is C22H22N6O2. The number of morpholine rings is 1. The molecule has 0 bridgehead atoms. The summed E-state index contributed by atoms with van der Waals surface area (Å²) in [7, 11) is 0. The molecule has 152 valence electrons. The van der Waals surface area contributed by atoms with Crippen molar-refractivity contribution in [1.82, 2.24) is 25.1 Å². The zero-order valence-electron chi connectivity index (χ0n) is 16.5. The molecular weight excluding hydrogens is 380 g/mol. The van der Waals surface area contributed by atoms with E-state index in [9.17, 15) is 4.79 Å². The Morgan fingerprint density at radius 2 is 1.70 bits per heavy atom. The summed E-state index contributed by atoms with van der Waals surface area (Å²) in [6.07, 6.45) is 2.13. The molecule has 1 saturated heterocycles. The van der Waals surface area contributed by atoms with Gasteiger partial charge in [0.2, 0.25) is 5.91 Å². The molecule has 8 heteroatoms. The van der Waals surface area contributed by atoms with E-state index in [0.29, 0.717) is 32.3 Å². The van der Waals surface area contributed by atoms with Gasteiger partial charge in [0.25, 0.3) is 5.95 Å². The van der Waals surface area contributed by atoms with Crippen LogP contribution in [0.15, 0.2) is 66.7 Å². The number of ether oxygens (including phenoxy) is 1. The van der Waals surface area contributed by atoms with Crippen LogP contribution in [0.2, 0.25) is 0 Å². The second kappa shape index (κ2) is 8.08. The van der Waals surface area contributed by atoms with Crippen LogP contribution in [-0.2, 0) is 9.53 Å². The van der Waals surface area contributed by atoms with Crippen LogP contribution >= 0.6 is 0 Å². The highest BCUT2D eigenvalue weighted by Gasteiger charge is 2.33. The maximum atomic E-state index is 13.1. The zero-order valence-corrected chi connectivity index (χ0v) is 16.5. The molecule has 3 heterocycles. The van der Waals surface area contributed by atoms with Gasteiger partial charge in [0.05, 0.1) is 18.9 Å². The predicted molar refractivity (Wildman–Crippen MR) is 112 cm³/mol. The summed E-state index contributed by atoms with van der Waals surface area (Å²) in [6, 6.07) is 20.0. The molecule has 1 atom stereocenters. The highest BCUT2D eigenvalue weighted by Crippen LogP contribution is 2.36. The van der Waals surface area contributed by atoms with Crippen LogP contribution in [0.5, 0.6) is 0 Å². The number of benzene rings is 2. The lowest BCUT2D eigenvalue weighted by molar-refractivity contribution is -0.133. The molecule has 1 amide bonds. The largest absolute Gasteiger partial charge is 0.378 e. The van der Waals surface area contributed by atoms with Gasteiger partial charge < -0.3 is 9.64 Å². The number of fused-ring (bicyclic) bond motifs is 1. The summed E-state index contributed by atoms with van der Waals surface area (Å²) < 4.78 is 7.15. The van der Waals surface area contributed by atoms with Crippen LogP contribution in [0.25, 0.3) is 5.70 Å². The topological polar surface area (TPSA) is 76.4 Å². The van der Waals surface area contributed by atoms with Crippen LogP contribution in [0, 0.1) is 0 Å². The monoisotopic (exact) mass is 402 g/mol. The van der Waals surface area contributed by atoms with Gasteiger partial charge in [0.1, 0.15) is 12.6 Å². The molecule has 1 fully saturated rings. The van der Waals surface area contributed by atoms with E-state index < -0.39 is 0 Å². The van der Waals surface area contributed by atoms with Crippen molar-refractivity contribution >= 4 is 17.6 Å². The van der Waals surface area contributed by atoms with Crippen LogP contribution in [0.4, 0.5) is 5.95 Å². The molecule has 0 saturated carbocycles. The average molecular weight is 402 g/mol. The van der Waals surface area contributed by atoms with Crippen LogP contribution in [-0.4, -0.2) is 63.9 Å². The highest BCUT2D eigenvalue weighted by atomic mass is 16.5. The Balaban J connectivity index is 1.55. The summed E-state index contributed by atoms with van der Waals surface area (Å²) in [5.74, 6) is 0.597. The zero-order chi connectivity index (χ0) is 20.3. The van der Waals surface area contributed by atoms with Gasteiger partial charge >= 0.3 is 0 Å². The number of rotatable bonds is 4. The van der Waals surface area contributed by atoms with Crippen molar-refractivity contribution in [3.63, 3.8) is 0 Å². The van der Waals surface area contributed by atoms with E-state index >= 15 is 0 Å². The van der Waals surface area contributed by atoms with Crippen molar-refractivity contribution in [2.24, 2.45) is 0 Å². The van der Waals surface area contributed by atoms with Gasteiger partial charge in [-0.05, 0) is 27.6 Å². The lowest BCUT2D eigenvalue weighted by atomic mass is 10.0. The lowest BCUT2D eigenvalue weighted by Crippen LogP contribution is -2.46. The fourth-order valence-electron chi connectivity index (χ4n) is 3.92. The summed E-state index contributed by atoms with van der Waals surface area (Å²) in [5.41, 5.74) is 3.02. The van der Waals surface area contributed by atoms with E-state index in [1.807, 2.05) is 58.3 Å². The minimum atomic E-state index is -0.152. The molecule has 0 aliphatic carbocycles. The van der Waals surface area contributed by atoms with Crippen molar-refractivity contribution in [2.75, 3.05) is 37.7 Å². The Hall–Kier alpha value is -3.52. The minimum absolute atomic E-state index is 0.0350. The summed E-state index contributed by atoms with van der Waals surface area (Å²) in [6.45, 7) is 2.52. The van der Waals surface area contributed by atoms with Crippen molar-refractivity contribution in [2.45, 2.75) is 6.04 Å². The maximum Gasteiger partial charge on any atom is 0.251 e. The van der Waals surface area contributed by atoms with E-state index in [1.165, 1.54) is 0 Å². The van der Waals surface area contributed by atoms with E-state index in [4.69, 9.17) is 4.74 Å². The van der Waals surface area contributed by atoms with E-state index in [2.05, 4.69) is 33.7 Å². The molecule has 1 aromatic heterocycles. The molecule has 30 heavy (non-hydrogen) atoms. The number of allylic oxidation sites excluding steroid dienone is 1. The molecule has 2 aliphatic rings. The van der Waals surface area contributed by atoms with Gasteiger partial charge in [-0.2, -0.15) is 4.68 Å². The van der Waals surface area contributed by atoms with Crippen molar-refractivity contribution in [3.05, 3.63) is 77.9 Å². The molecule has 0 N–H and O–H groups in total. The number of amides is 1. The number of carbonyl (C=O) groups excluding carboxylic acids is 1. The SMILES string of the molecule is O=C(CN1C(c2ccccc2)=C[C@H](c2ccccc2)n2nnnc21)N1CCOCC1. The van der Waals surface area contributed by atoms with E-state index in [1.54, 1.807) is 4.68 Å². The Morgan fingerprint density at radius 3 is 2.43 bits per heavy atom. The van der Waals surface area contributed by atoms with Crippen LogP contribution < -0.4 is 4.90 Å². The maximum absolute atomic E-state index is 13.1. The quantitative estimate of drug-likeness (QED) is 0.664. The standard InChI is InChI=1S/C22H22N6O2/c29-21(26-11-13-30-14-12-26)16-27-19(17-7-3-1-4-8-17)15-20(18-9-5-2-6-10-18)28-22(27)23-24-25-28/h1-10,15,20H,11-14,16H2/t20-/m1/s1. The van der Waals surface area contributed by atoms with Gasteiger partial charge in [-0.15, -0.1) is 0 Å². The van der Waals surface area contributed by atoms with Crippen LogP contribution in [0.3, 0.4) is 0 Å². The van der Waals surface area contributed by atoms with Gasteiger partial charge in [-0.1, -0.05) is 65.8 Å². The van der Waals surface area contributed by atoms with Gasteiger partial charge in [0, 0.05) is 13.1 Å². The fourth-order valence-corrected chi connectivity index (χ4v) is 3.92. The van der Waals surface area contributed by atoms with Gasteiger partial charge in [-0.3, -0.25) is 9.69 Å². The Labute approximate surface area is 174 Å². The molecule has 2 aliphatic heterocycles. The minimum Gasteiger partial charge on any atom is -0.378 e. The average Bonchev–Trinajstić information content (AvgIpc) is 3.31. The molecule has 0 radical (unpaired) electrons. The fraction of sp³-hybridized carbons (Fsp3) is 0.273. The number of anilines is 1. The van der Waals surface area contributed by atoms with Gasteiger partial charge in [0.15, 0.2) is 0 Å². The normalized spacial score (nSPS) is 18.7. The molecule has 0 unspecified atom stereocenters. The third-order valence-corrected chi connectivity index (χ3v) is 5.45. The number of nitrogens with zero attached hydrogens (tertiary/aromatic N) is 6. The molecule has 2 aromatic carbocycles. The summed E-state index contributed by atoms with van der Waals surface area (Å²) in [5, 5.41) is 12.4. The Bertz CT molecular complexity index is 1040. The summed E-state index contributed by atoms with van der Waals surface area (Å²) in [4.78, 5) is 16.8. The third-order valence-electron chi connectivity index (χ3n) is 5.45. The Morgan fingerprint density at radius 1 is 1.00 bits per heavy atom. The highest BCUT2D eigenvalue weighted by molar-refractivity contribution is 5.89.